The first-order valence-corrected chi connectivity index (χ1v) is 8.54. The second kappa shape index (κ2) is 5.65. The first kappa shape index (κ1) is 15.7. The third-order valence-electron chi connectivity index (χ3n) is 4.84. The molecule has 25 heavy (non-hydrogen) atoms. The van der Waals surface area contributed by atoms with Crippen molar-refractivity contribution in [3.05, 3.63) is 48.0 Å². The normalized spacial score (nSPS) is 14.7. The van der Waals surface area contributed by atoms with Gasteiger partial charge in [0.25, 0.3) is 5.91 Å². The van der Waals surface area contributed by atoms with E-state index >= 15 is 0 Å². The Hall–Kier alpha value is -2.76. The molecule has 128 valence electrons. The van der Waals surface area contributed by atoms with Crippen LogP contribution in [-0.2, 0) is 0 Å². The quantitative estimate of drug-likeness (QED) is 0.795. The van der Waals surface area contributed by atoms with E-state index < -0.39 is 0 Å². The SMILES string of the molecule is Cc1cc(-c2cccnc2)n2ncc(C(=O)NC(C)(C)C3CC3)c2n1. The third-order valence-corrected chi connectivity index (χ3v) is 4.84. The second-order valence-electron chi connectivity index (χ2n) is 7.27. The fourth-order valence-electron chi connectivity index (χ4n) is 3.23. The first-order valence-electron chi connectivity index (χ1n) is 8.54. The number of fused-ring (bicyclic) bond motifs is 1. The van der Waals surface area contributed by atoms with Crippen LogP contribution in [0.5, 0.6) is 0 Å². The van der Waals surface area contributed by atoms with Crippen LogP contribution in [0.3, 0.4) is 0 Å². The van der Waals surface area contributed by atoms with Crippen LogP contribution in [0.2, 0.25) is 0 Å². The van der Waals surface area contributed by atoms with Gasteiger partial charge in [-0.1, -0.05) is 0 Å². The summed E-state index contributed by atoms with van der Waals surface area (Å²) in [6, 6.07) is 5.80. The summed E-state index contributed by atoms with van der Waals surface area (Å²) in [4.78, 5) is 21.5. The van der Waals surface area contributed by atoms with Crippen LogP contribution in [0, 0.1) is 12.8 Å². The van der Waals surface area contributed by atoms with E-state index in [1.54, 1.807) is 23.1 Å². The average Bonchev–Trinajstić information content (AvgIpc) is 3.36. The van der Waals surface area contributed by atoms with Gasteiger partial charge in [0, 0.05) is 29.2 Å². The van der Waals surface area contributed by atoms with Gasteiger partial charge in [-0.25, -0.2) is 9.50 Å². The summed E-state index contributed by atoms with van der Waals surface area (Å²) in [5.41, 5.74) is 3.51. The third kappa shape index (κ3) is 2.88. The van der Waals surface area contributed by atoms with Crippen LogP contribution in [0.25, 0.3) is 16.9 Å². The smallest absolute Gasteiger partial charge is 0.257 e. The highest BCUT2D eigenvalue weighted by Gasteiger charge is 2.39. The van der Waals surface area contributed by atoms with Gasteiger partial charge in [0.05, 0.1) is 11.9 Å². The van der Waals surface area contributed by atoms with E-state index in [1.165, 1.54) is 12.8 Å². The fourth-order valence-corrected chi connectivity index (χ4v) is 3.23. The Balaban J connectivity index is 1.77. The molecule has 0 aromatic carbocycles. The highest BCUT2D eigenvalue weighted by Crippen LogP contribution is 2.39. The van der Waals surface area contributed by atoms with Gasteiger partial charge in [-0.15, -0.1) is 0 Å². The zero-order chi connectivity index (χ0) is 17.6. The maximum atomic E-state index is 12.8. The topological polar surface area (TPSA) is 72.2 Å². The van der Waals surface area contributed by atoms with Crippen molar-refractivity contribution in [2.24, 2.45) is 5.92 Å². The summed E-state index contributed by atoms with van der Waals surface area (Å²) >= 11 is 0. The molecule has 3 aromatic rings. The van der Waals surface area contributed by atoms with Crippen LogP contribution >= 0.6 is 0 Å². The number of pyridine rings is 1. The van der Waals surface area contributed by atoms with Crippen molar-refractivity contribution < 1.29 is 4.79 Å². The lowest BCUT2D eigenvalue weighted by Crippen LogP contribution is -2.45. The molecule has 3 aromatic heterocycles. The summed E-state index contributed by atoms with van der Waals surface area (Å²) in [6.07, 6.45) is 7.46. The minimum Gasteiger partial charge on any atom is -0.347 e. The molecular weight excluding hydrogens is 314 g/mol. The van der Waals surface area contributed by atoms with Gasteiger partial charge in [0.15, 0.2) is 5.65 Å². The molecule has 0 radical (unpaired) electrons. The van der Waals surface area contributed by atoms with E-state index in [-0.39, 0.29) is 11.4 Å². The number of carbonyl (C=O) groups is 1. The van der Waals surface area contributed by atoms with Gasteiger partial charge in [0.1, 0.15) is 5.56 Å². The molecule has 0 aliphatic heterocycles. The van der Waals surface area contributed by atoms with Gasteiger partial charge in [-0.3, -0.25) is 9.78 Å². The van der Waals surface area contributed by atoms with E-state index in [4.69, 9.17) is 0 Å². The molecule has 1 saturated carbocycles. The number of carbonyl (C=O) groups excluding carboxylic acids is 1. The summed E-state index contributed by atoms with van der Waals surface area (Å²) in [5, 5.41) is 7.56. The summed E-state index contributed by atoms with van der Waals surface area (Å²) < 4.78 is 1.71. The Morgan fingerprint density at radius 2 is 2.12 bits per heavy atom. The van der Waals surface area contributed by atoms with Crippen molar-refractivity contribution in [2.45, 2.75) is 39.2 Å². The number of rotatable bonds is 4. The lowest BCUT2D eigenvalue weighted by Gasteiger charge is -2.25. The number of amides is 1. The molecule has 1 amide bonds. The number of hydrogen-bond acceptors (Lipinski definition) is 4. The van der Waals surface area contributed by atoms with Gasteiger partial charge in [-0.05, 0) is 57.7 Å². The summed E-state index contributed by atoms with van der Waals surface area (Å²) in [7, 11) is 0. The molecule has 6 nitrogen and oxygen atoms in total. The van der Waals surface area contributed by atoms with Crippen molar-refractivity contribution in [3.63, 3.8) is 0 Å². The van der Waals surface area contributed by atoms with Crippen LogP contribution in [0.4, 0.5) is 0 Å². The minimum absolute atomic E-state index is 0.123. The van der Waals surface area contributed by atoms with Gasteiger partial charge in [-0.2, -0.15) is 5.10 Å². The largest absolute Gasteiger partial charge is 0.347 e. The molecule has 0 spiro atoms. The van der Waals surface area contributed by atoms with E-state index in [0.29, 0.717) is 17.1 Å². The second-order valence-corrected chi connectivity index (χ2v) is 7.27. The number of nitrogens with one attached hydrogen (secondary N) is 1. The fraction of sp³-hybridized carbons (Fsp3) is 0.368. The molecule has 0 atom stereocenters. The van der Waals surface area contributed by atoms with Crippen molar-refractivity contribution in [2.75, 3.05) is 0 Å². The maximum absolute atomic E-state index is 12.8. The Bertz CT molecular complexity index is 941. The Morgan fingerprint density at radius 3 is 2.80 bits per heavy atom. The first-order chi connectivity index (χ1) is 12.0. The summed E-state index contributed by atoms with van der Waals surface area (Å²) in [5.74, 6) is 0.432. The molecule has 3 heterocycles. The molecule has 1 aliphatic rings. The number of nitrogens with zero attached hydrogens (tertiary/aromatic N) is 4. The van der Waals surface area contributed by atoms with E-state index in [2.05, 4.69) is 34.2 Å². The Morgan fingerprint density at radius 1 is 1.32 bits per heavy atom. The van der Waals surface area contributed by atoms with Crippen molar-refractivity contribution in [3.8, 4) is 11.3 Å². The predicted molar refractivity (Wildman–Crippen MR) is 95.2 cm³/mol. The molecule has 1 N–H and O–H groups in total. The van der Waals surface area contributed by atoms with Gasteiger partial charge in [0.2, 0.25) is 0 Å². The Labute approximate surface area is 146 Å². The van der Waals surface area contributed by atoms with Crippen molar-refractivity contribution >= 4 is 11.6 Å². The molecule has 4 rings (SSSR count). The molecule has 0 unspecified atom stereocenters. The number of aromatic nitrogens is 4. The molecular formula is C19H21N5O. The number of hydrogen-bond donors (Lipinski definition) is 1. The molecule has 6 heteroatoms. The van der Waals surface area contributed by atoms with Crippen molar-refractivity contribution in [1.29, 1.82) is 0 Å². The number of aryl methyl sites for hydroxylation is 1. The highest BCUT2D eigenvalue weighted by molar-refractivity contribution is 6.00. The maximum Gasteiger partial charge on any atom is 0.257 e. The molecule has 0 bridgehead atoms. The van der Waals surface area contributed by atoms with E-state index in [9.17, 15) is 4.79 Å². The van der Waals surface area contributed by atoms with Crippen LogP contribution in [0.1, 0.15) is 42.7 Å². The molecule has 1 fully saturated rings. The zero-order valence-electron chi connectivity index (χ0n) is 14.7. The highest BCUT2D eigenvalue weighted by atomic mass is 16.1. The summed E-state index contributed by atoms with van der Waals surface area (Å²) in [6.45, 7) is 6.07. The van der Waals surface area contributed by atoms with E-state index in [1.807, 2.05) is 25.1 Å². The molecule has 0 saturated heterocycles. The van der Waals surface area contributed by atoms with Gasteiger partial charge >= 0.3 is 0 Å². The van der Waals surface area contributed by atoms with Crippen LogP contribution in [0.15, 0.2) is 36.8 Å². The molecule has 1 aliphatic carbocycles. The lowest BCUT2D eigenvalue weighted by atomic mass is 9.98. The van der Waals surface area contributed by atoms with E-state index in [0.717, 1.165) is 17.0 Å². The van der Waals surface area contributed by atoms with Gasteiger partial charge < -0.3 is 5.32 Å². The monoisotopic (exact) mass is 335 g/mol. The zero-order valence-corrected chi connectivity index (χ0v) is 14.7. The average molecular weight is 335 g/mol. The van der Waals surface area contributed by atoms with Crippen LogP contribution in [-0.4, -0.2) is 31.0 Å². The lowest BCUT2D eigenvalue weighted by molar-refractivity contribution is 0.0905. The van der Waals surface area contributed by atoms with Crippen LogP contribution < -0.4 is 5.32 Å². The predicted octanol–water partition coefficient (Wildman–Crippen LogP) is 3.02. The standard InChI is InChI=1S/C19H21N5O/c1-12-9-16(13-5-4-8-20-10-13)24-17(22-12)15(11-21-24)18(25)23-19(2,3)14-6-7-14/h4-5,8-11,14H,6-7H2,1-3H3,(H,23,25). The minimum atomic E-state index is -0.207. The van der Waals surface area contributed by atoms with Crippen molar-refractivity contribution in [1.82, 2.24) is 24.9 Å². The Kier molecular flexibility index (Phi) is 3.56.